The molecule has 0 aliphatic carbocycles. The number of aromatic nitrogens is 2. The zero-order valence-corrected chi connectivity index (χ0v) is 16.7. The smallest absolute Gasteiger partial charge is 0.321 e. The van der Waals surface area contributed by atoms with E-state index in [-0.39, 0.29) is 5.96 Å². The van der Waals surface area contributed by atoms with Crippen molar-refractivity contribution < 1.29 is 0 Å². The van der Waals surface area contributed by atoms with E-state index in [4.69, 9.17) is 17.2 Å². The Bertz CT molecular complexity index is 1380. The Kier molecular flexibility index (Phi) is 5.38. The highest BCUT2D eigenvalue weighted by Gasteiger charge is 2.15. The molecule has 0 radical (unpaired) electrons. The number of aliphatic imine (C=N–C) groups is 1. The third-order valence-corrected chi connectivity index (χ3v) is 5.02. The molecule has 8 nitrogen and oxygen atoms in total. The monoisotopic (exact) mass is 414 g/mol. The largest absolute Gasteiger partial charge is 0.370 e. The van der Waals surface area contributed by atoms with Gasteiger partial charge in [-0.05, 0) is 47.5 Å². The first kappa shape index (κ1) is 20.1. The van der Waals surface area contributed by atoms with Gasteiger partial charge in [0.1, 0.15) is 0 Å². The van der Waals surface area contributed by atoms with E-state index < -0.39 is 11.1 Å². The van der Waals surface area contributed by atoms with Gasteiger partial charge in [0.15, 0.2) is 5.96 Å². The zero-order chi connectivity index (χ0) is 22.0. The van der Waals surface area contributed by atoms with Gasteiger partial charge in [-0.1, -0.05) is 36.4 Å². The third-order valence-electron chi connectivity index (χ3n) is 5.02. The molecule has 0 unspecified atom stereocenters. The first-order chi connectivity index (χ1) is 15.0. The first-order valence-electron chi connectivity index (χ1n) is 9.70. The van der Waals surface area contributed by atoms with Gasteiger partial charge >= 0.3 is 11.1 Å². The van der Waals surface area contributed by atoms with Crippen LogP contribution in [0.3, 0.4) is 0 Å². The minimum absolute atomic E-state index is 0.00870. The molecule has 8 heteroatoms. The number of guanidine groups is 1. The van der Waals surface area contributed by atoms with Gasteiger partial charge in [0.2, 0.25) is 0 Å². The lowest BCUT2D eigenvalue weighted by atomic mass is 10.1. The topological polar surface area (TPSA) is 134 Å². The number of para-hydroxylation sites is 2. The van der Waals surface area contributed by atoms with Crippen molar-refractivity contribution in [2.45, 2.75) is 13.1 Å². The van der Waals surface area contributed by atoms with Gasteiger partial charge in [-0.2, -0.15) is 0 Å². The van der Waals surface area contributed by atoms with Crippen LogP contribution in [0.5, 0.6) is 0 Å². The van der Waals surface area contributed by atoms with Crippen molar-refractivity contribution in [3.63, 3.8) is 0 Å². The van der Waals surface area contributed by atoms with Crippen LogP contribution in [0.1, 0.15) is 11.1 Å². The summed E-state index contributed by atoms with van der Waals surface area (Å²) in [5, 5.41) is 0. The van der Waals surface area contributed by atoms with Crippen LogP contribution >= 0.6 is 0 Å². The summed E-state index contributed by atoms with van der Waals surface area (Å²) in [4.78, 5) is 30.3. The fourth-order valence-corrected chi connectivity index (χ4v) is 3.48. The van der Waals surface area contributed by atoms with E-state index in [9.17, 15) is 9.59 Å². The first-order valence-corrected chi connectivity index (χ1v) is 9.70. The number of nitrogens with two attached hydrogens (primary N) is 3. The highest BCUT2D eigenvalue weighted by Crippen LogP contribution is 2.19. The van der Waals surface area contributed by atoms with E-state index in [1.54, 1.807) is 24.3 Å². The van der Waals surface area contributed by atoms with Gasteiger partial charge < -0.3 is 17.2 Å². The Balaban J connectivity index is 1.90. The van der Waals surface area contributed by atoms with Crippen molar-refractivity contribution in [3.8, 4) is 11.4 Å². The van der Waals surface area contributed by atoms with Crippen LogP contribution in [0.2, 0.25) is 0 Å². The van der Waals surface area contributed by atoms with Crippen molar-refractivity contribution in [2.24, 2.45) is 22.2 Å². The predicted molar refractivity (Wildman–Crippen MR) is 123 cm³/mol. The molecule has 6 N–H and O–H groups in total. The van der Waals surface area contributed by atoms with Gasteiger partial charge in [0.05, 0.1) is 17.6 Å². The highest BCUT2D eigenvalue weighted by molar-refractivity contribution is 5.79. The summed E-state index contributed by atoms with van der Waals surface area (Å²) in [7, 11) is 0. The molecule has 1 heterocycles. The molecule has 0 amide bonds. The molecule has 0 spiro atoms. The molecule has 1 aromatic heterocycles. The molecule has 4 aromatic rings. The summed E-state index contributed by atoms with van der Waals surface area (Å²) in [6.07, 6.45) is 0. The fourth-order valence-electron chi connectivity index (χ4n) is 3.48. The van der Waals surface area contributed by atoms with Gasteiger partial charge in [-0.15, -0.1) is 0 Å². The maximum absolute atomic E-state index is 13.2. The molecule has 0 atom stereocenters. The molecular weight excluding hydrogens is 392 g/mol. The number of nitrogens with zero attached hydrogens (tertiary/aromatic N) is 3. The molecule has 4 rings (SSSR count). The van der Waals surface area contributed by atoms with Crippen LogP contribution in [-0.4, -0.2) is 15.1 Å². The molecule has 0 saturated carbocycles. The lowest BCUT2D eigenvalue weighted by Gasteiger charge is -2.15. The predicted octanol–water partition coefficient (Wildman–Crippen LogP) is 1.37. The van der Waals surface area contributed by atoms with Crippen molar-refractivity contribution in [1.82, 2.24) is 9.13 Å². The van der Waals surface area contributed by atoms with E-state index in [0.717, 1.165) is 11.1 Å². The Labute approximate surface area is 177 Å². The normalized spacial score (nSPS) is 10.9. The number of hydrogen-bond acceptors (Lipinski definition) is 4. The summed E-state index contributed by atoms with van der Waals surface area (Å²) in [6, 6.07) is 21.7. The molecule has 0 bridgehead atoms. The second-order valence-corrected chi connectivity index (χ2v) is 7.05. The van der Waals surface area contributed by atoms with Crippen LogP contribution in [0.25, 0.3) is 22.4 Å². The van der Waals surface area contributed by atoms with Crippen molar-refractivity contribution in [3.05, 3.63) is 105 Å². The van der Waals surface area contributed by atoms with Gasteiger partial charge in [0, 0.05) is 17.9 Å². The SMILES string of the molecule is NCc1ccc(-n2c(=O)c(=O)n(-c3ccc(CN=C(N)N)cc3)c3ccccc32)cc1. The van der Waals surface area contributed by atoms with Crippen LogP contribution in [0, 0.1) is 0 Å². The summed E-state index contributed by atoms with van der Waals surface area (Å²) in [6.45, 7) is 0.731. The average molecular weight is 414 g/mol. The number of benzene rings is 3. The van der Waals surface area contributed by atoms with E-state index in [2.05, 4.69) is 4.99 Å². The van der Waals surface area contributed by atoms with Crippen LogP contribution < -0.4 is 28.3 Å². The lowest BCUT2D eigenvalue weighted by Crippen LogP contribution is -2.40. The summed E-state index contributed by atoms with van der Waals surface area (Å²) >= 11 is 0. The lowest BCUT2D eigenvalue weighted by molar-refractivity contribution is 0.915. The van der Waals surface area contributed by atoms with Crippen LogP contribution in [0.15, 0.2) is 87.4 Å². The summed E-state index contributed by atoms with van der Waals surface area (Å²) in [5.41, 5.74) is 19.4. The Hall–Kier alpha value is -4.17. The molecule has 31 heavy (non-hydrogen) atoms. The Morgan fingerprint density at radius 2 is 1.16 bits per heavy atom. The average Bonchev–Trinajstić information content (AvgIpc) is 2.79. The minimum Gasteiger partial charge on any atom is -0.370 e. The van der Waals surface area contributed by atoms with Gasteiger partial charge in [0.25, 0.3) is 0 Å². The maximum atomic E-state index is 13.2. The molecule has 3 aromatic carbocycles. The van der Waals surface area contributed by atoms with Crippen molar-refractivity contribution >= 4 is 17.0 Å². The summed E-state index contributed by atoms with van der Waals surface area (Å²) in [5.74, 6) is 0.00870. The number of rotatable bonds is 5. The Morgan fingerprint density at radius 1 is 0.710 bits per heavy atom. The zero-order valence-electron chi connectivity index (χ0n) is 16.7. The second kappa shape index (κ2) is 8.29. The molecule has 156 valence electrons. The van der Waals surface area contributed by atoms with Gasteiger partial charge in [-0.25, -0.2) is 4.99 Å². The molecule has 0 fully saturated rings. The van der Waals surface area contributed by atoms with E-state index in [1.165, 1.54) is 9.13 Å². The van der Waals surface area contributed by atoms with E-state index >= 15 is 0 Å². The maximum Gasteiger partial charge on any atom is 0.321 e. The van der Waals surface area contributed by atoms with Crippen LogP contribution in [0.4, 0.5) is 0 Å². The van der Waals surface area contributed by atoms with Crippen molar-refractivity contribution in [2.75, 3.05) is 0 Å². The van der Waals surface area contributed by atoms with Crippen LogP contribution in [-0.2, 0) is 13.1 Å². The number of fused-ring (bicyclic) bond motifs is 1. The third kappa shape index (κ3) is 3.84. The second-order valence-electron chi connectivity index (χ2n) is 7.05. The quantitative estimate of drug-likeness (QED) is 0.258. The highest BCUT2D eigenvalue weighted by atomic mass is 16.2. The van der Waals surface area contributed by atoms with Crippen molar-refractivity contribution in [1.29, 1.82) is 0 Å². The number of hydrogen-bond donors (Lipinski definition) is 3. The minimum atomic E-state index is -0.640. The van der Waals surface area contributed by atoms with Gasteiger partial charge in [-0.3, -0.25) is 18.7 Å². The van der Waals surface area contributed by atoms with E-state index in [1.807, 2.05) is 48.5 Å². The molecular formula is C23H22N6O2. The molecule has 0 saturated heterocycles. The summed E-state index contributed by atoms with van der Waals surface area (Å²) < 4.78 is 2.86. The standard InChI is InChI=1S/C23H22N6O2/c24-13-15-5-9-17(10-6-15)28-19-3-1-2-4-20(19)29(22(31)21(28)30)18-11-7-16(8-12-18)14-27-23(25)26/h1-12H,13-14,24H2,(H4,25,26,27). The fraction of sp³-hybridized carbons (Fsp3) is 0.0870. The van der Waals surface area contributed by atoms with E-state index in [0.29, 0.717) is 35.5 Å². The molecule has 0 aliphatic heterocycles. The molecule has 0 aliphatic rings. The Morgan fingerprint density at radius 3 is 1.58 bits per heavy atom.